The zero-order valence-electron chi connectivity index (χ0n) is 27.5. The summed E-state index contributed by atoms with van der Waals surface area (Å²) >= 11 is 0. The number of carbonyl (C=O) groups excluding carboxylic acids is 4. The van der Waals surface area contributed by atoms with Gasteiger partial charge in [-0.2, -0.15) is 0 Å². The molecule has 0 radical (unpaired) electrons. The van der Waals surface area contributed by atoms with Crippen molar-refractivity contribution in [3.05, 3.63) is 85.5 Å². The van der Waals surface area contributed by atoms with Gasteiger partial charge in [-0.05, 0) is 43.9 Å². The highest BCUT2D eigenvalue weighted by molar-refractivity contribution is 5.98. The summed E-state index contributed by atoms with van der Waals surface area (Å²) < 4.78 is 14.3. The molecule has 0 saturated carbocycles. The Kier molecular flexibility index (Phi) is 9.93. The number of aliphatic hydroxyl groups excluding tert-OH is 1. The van der Waals surface area contributed by atoms with Gasteiger partial charge in [-0.15, -0.1) is 18.3 Å². The maximum atomic E-state index is 14.6. The van der Waals surface area contributed by atoms with Crippen molar-refractivity contribution in [3.63, 3.8) is 0 Å². The molecule has 13 nitrogen and oxygen atoms in total. The Hall–Kier alpha value is -4.88. The number of para-hydroxylation sites is 1. The Bertz CT molecular complexity index is 1730. The van der Waals surface area contributed by atoms with Crippen molar-refractivity contribution in [2.24, 2.45) is 11.8 Å². The average Bonchev–Trinajstić information content (AvgIpc) is 3.86. The predicted octanol–water partition coefficient (Wildman–Crippen LogP) is 2.53. The summed E-state index contributed by atoms with van der Waals surface area (Å²) in [6, 6.07) is 14.8. The number of ether oxygens (including phenoxy) is 2. The van der Waals surface area contributed by atoms with E-state index in [1.165, 1.54) is 9.80 Å². The lowest BCUT2D eigenvalue weighted by atomic mass is 9.70. The second-order valence-corrected chi connectivity index (χ2v) is 12.8. The van der Waals surface area contributed by atoms with Gasteiger partial charge >= 0.3 is 5.97 Å². The average molecular weight is 671 g/mol. The van der Waals surface area contributed by atoms with Gasteiger partial charge in [0.25, 0.3) is 0 Å². The first-order valence-corrected chi connectivity index (χ1v) is 16.7. The van der Waals surface area contributed by atoms with Crippen molar-refractivity contribution in [2.75, 3.05) is 19.7 Å². The Labute approximate surface area is 284 Å². The quantitative estimate of drug-likeness (QED) is 0.183. The molecule has 3 fully saturated rings. The van der Waals surface area contributed by atoms with Crippen LogP contribution in [0.15, 0.2) is 79.9 Å². The summed E-state index contributed by atoms with van der Waals surface area (Å²) in [7, 11) is 0. The Morgan fingerprint density at radius 2 is 1.92 bits per heavy atom. The van der Waals surface area contributed by atoms with Gasteiger partial charge in [0.15, 0.2) is 0 Å². The van der Waals surface area contributed by atoms with Crippen LogP contribution in [0.5, 0.6) is 0 Å². The molecule has 0 unspecified atom stereocenters. The number of aliphatic hydroxyl groups is 1. The standard InChI is InChI=1S/C36H42N6O7/c1-4-6-16-28(44)37-23(3)31(24-12-8-7-9-13-24)48-35(47)29-27-17-18-36(49-27)30(29)33(45)41(20-21-43)32(36)34(46)40(19-5-2)22-42-26-15-11-10-14-25(26)38-39-42/h4-5,7-15,23,27,29-32,43H,1-2,6,16-22H2,3H3,(H,37,44)/t23-,27+,29-,30-,31-,32+,36-/m0/s1. The summed E-state index contributed by atoms with van der Waals surface area (Å²) in [4.78, 5) is 58.5. The number of hydrogen-bond acceptors (Lipinski definition) is 9. The molecular formula is C36H42N6O7. The molecule has 0 aliphatic carbocycles. The molecule has 2 N–H and O–H groups in total. The zero-order chi connectivity index (χ0) is 34.7. The Balaban J connectivity index is 1.28. The van der Waals surface area contributed by atoms with Crippen LogP contribution in [-0.2, 0) is 35.3 Å². The molecule has 3 amide bonds. The normalized spacial score (nSPS) is 25.1. The van der Waals surface area contributed by atoms with Gasteiger partial charge in [0.2, 0.25) is 17.7 Å². The molecule has 2 aromatic carbocycles. The minimum atomic E-state index is -1.30. The first kappa shape index (κ1) is 34.0. The first-order valence-electron chi connectivity index (χ1n) is 16.7. The maximum Gasteiger partial charge on any atom is 0.313 e. The van der Waals surface area contributed by atoms with Crippen LogP contribution in [0, 0.1) is 11.8 Å². The van der Waals surface area contributed by atoms with E-state index in [0.717, 1.165) is 5.52 Å². The van der Waals surface area contributed by atoms with E-state index < -0.39 is 59.5 Å². The van der Waals surface area contributed by atoms with E-state index in [2.05, 4.69) is 28.8 Å². The highest BCUT2D eigenvalue weighted by Crippen LogP contribution is 2.59. The highest BCUT2D eigenvalue weighted by Gasteiger charge is 2.75. The molecule has 1 aromatic heterocycles. The van der Waals surface area contributed by atoms with Crippen LogP contribution in [0.4, 0.5) is 0 Å². The Morgan fingerprint density at radius 1 is 1.16 bits per heavy atom. The van der Waals surface area contributed by atoms with E-state index in [4.69, 9.17) is 9.47 Å². The summed E-state index contributed by atoms with van der Waals surface area (Å²) in [5, 5.41) is 21.4. The van der Waals surface area contributed by atoms with Crippen molar-refractivity contribution in [1.82, 2.24) is 30.1 Å². The van der Waals surface area contributed by atoms with Crippen molar-refractivity contribution in [1.29, 1.82) is 0 Å². The molecule has 7 atom stereocenters. The highest BCUT2D eigenvalue weighted by atomic mass is 16.6. The van der Waals surface area contributed by atoms with Gasteiger partial charge in [0, 0.05) is 19.5 Å². The number of amides is 3. The summed E-state index contributed by atoms with van der Waals surface area (Å²) in [5.41, 5.74) is 0.784. The molecule has 3 saturated heterocycles. The number of hydrogen-bond donors (Lipinski definition) is 2. The van der Waals surface area contributed by atoms with Gasteiger partial charge in [-0.25, -0.2) is 4.68 Å². The van der Waals surface area contributed by atoms with E-state index in [0.29, 0.717) is 30.3 Å². The van der Waals surface area contributed by atoms with Crippen LogP contribution in [-0.4, -0.2) is 97.1 Å². The number of allylic oxidation sites excluding steroid dienone is 1. The Morgan fingerprint density at radius 3 is 2.65 bits per heavy atom. The van der Waals surface area contributed by atoms with E-state index in [9.17, 15) is 24.3 Å². The van der Waals surface area contributed by atoms with Crippen LogP contribution >= 0.6 is 0 Å². The van der Waals surface area contributed by atoms with Crippen LogP contribution in [0.25, 0.3) is 11.0 Å². The second-order valence-electron chi connectivity index (χ2n) is 12.8. The number of nitrogens with one attached hydrogen (secondary N) is 1. The number of esters is 1. The van der Waals surface area contributed by atoms with E-state index in [1.54, 1.807) is 23.8 Å². The van der Waals surface area contributed by atoms with E-state index >= 15 is 0 Å². The monoisotopic (exact) mass is 670 g/mol. The number of β-amino-alcohol motifs (C(OH)–C–C–N with tert-alkyl or cyclic N) is 1. The summed E-state index contributed by atoms with van der Waals surface area (Å²) in [6.45, 7) is 8.95. The molecular weight excluding hydrogens is 628 g/mol. The fourth-order valence-corrected chi connectivity index (χ4v) is 7.72. The third-order valence-corrected chi connectivity index (χ3v) is 9.82. The van der Waals surface area contributed by atoms with Gasteiger partial charge < -0.3 is 29.7 Å². The second kappa shape index (κ2) is 14.3. The lowest BCUT2D eigenvalue weighted by molar-refractivity contribution is -0.162. The van der Waals surface area contributed by atoms with Crippen LogP contribution in [0.3, 0.4) is 0 Å². The SMILES string of the molecule is C=CCCC(=O)N[C@@H](C)[C@H](OC(=O)[C@@H]1[C@H]2C(=O)N(CCO)[C@H](C(=O)N(CC=C)Cn3nnc4ccccc43)[C@]23CC[C@H]1O3)c1ccccc1. The lowest BCUT2D eigenvalue weighted by Gasteiger charge is -2.36. The van der Waals surface area contributed by atoms with Gasteiger partial charge in [-0.3, -0.25) is 19.2 Å². The molecule has 1 spiro atoms. The van der Waals surface area contributed by atoms with Gasteiger partial charge in [-0.1, -0.05) is 59.8 Å². The molecule has 4 heterocycles. The molecule has 49 heavy (non-hydrogen) atoms. The molecule has 3 aromatic rings. The molecule has 2 bridgehead atoms. The zero-order valence-corrected chi connectivity index (χ0v) is 27.5. The van der Waals surface area contributed by atoms with Crippen LogP contribution in [0.2, 0.25) is 0 Å². The molecule has 13 heteroatoms. The first-order chi connectivity index (χ1) is 23.7. The molecule has 3 aliphatic rings. The summed E-state index contributed by atoms with van der Waals surface area (Å²) in [6.07, 6.45) is 3.33. The fourth-order valence-electron chi connectivity index (χ4n) is 7.72. The van der Waals surface area contributed by atoms with Crippen molar-refractivity contribution in [2.45, 2.75) is 69.2 Å². The number of nitrogens with zero attached hydrogens (tertiary/aromatic N) is 5. The molecule has 258 valence electrons. The van der Waals surface area contributed by atoms with Gasteiger partial charge in [0.05, 0.1) is 36.1 Å². The van der Waals surface area contributed by atoms with E-state index in [1.807, 2.05) is 54.6 Å². The fraction of sp³-hybridized carbons (Fsp3) is 0.444. The minimum absolute atomic E-state index is 0.0355. The van der Waals surface area contributed by atoms with Crippen molar-refractivity contribution < 1.29 is 33.8 Å². The largest absolute Gasteiger partial charge is 0.455 e. The summed E-state index contributed by atoms with van der Waals surface area (Å²) in [5.74, 6) is -3.67. The third kappa shape index (κ3) is 6.24. The maximum absolute atomic E-state index is 14.6. The number of carbonyl (C=O) groups is 4. The van der Waals surface area contributed by atoms with Crippen molar-refractivity contribution >= 4 is 34.7 Å². The number of fused-ring (bicyclic) bond motifs is 2. The number of benzene rings is 2. The smallest absolute Gasteiger partial charge is 0.313 e. The van der Waals surface area contributed by atoms with Gasteiger partial charge in [0.1, 0.15) is 29.9 Å². The number of aromatic nitrogens is 3. The number of likely N-dealkylation sites (tertiary alicyclic amines) is 1. The predicted molar refractivity (Wildman–Crippen MR) is 178 cm³/mol. The number of rotatable bonds is 15. The van der Waals surface area contributed by atoms with Crippen LogP contribution in [0.1, 0.15) is 44.3 Å². The molecule has 6 rings (SSSR count). The van der Waals surface area contributed by atoms with Crippen molar-refractivity contribution in [3.8, 4) is 0 Å². The lowest BCUT2D eigenvalue weighted by Crippen LogP contribution is -2.56. The third-order valence-electron chi connectivity index (χ3n) is 9.82. The molecule has 3 aliphatic heterocycles. The van der Waals surface area contributed by atoms with E-state index in [-0.39, 0.29) is 38.7 Å². The topological polar surface area (TPSA) is 156 Å². The minimum Gasteiger partial charge on any atom is -0.455 e. The van der Waals surface area contributed by atoms with Crippen LogP contribution < -0.4 is 5.32 Å².